The Bertz CT molecular complexity index is 701. The van der Waals surface area contributed by atoms with Crippen LogP contribution >= 0.6 is 11.8 Å². The fourth-order valence-corrected chi connectivity index (χ4v) is 2.96. The Morgan fingerprint density at radius 1 is 1.04 bits per heavy atom. The second-order valence-corrected chi connectivity index (χ2v) is 6.47. The molecule has 0 aromatic heterocycles. The van der Waals surface area contributed by atoms with E-state index in [2.05, 4.69) is 5.32 Å². The summed E-state index contributed by atoms with van der Waals surface area (Å²) in [6.07, 6.45) is -4.35. The topological polar surface area (TPSA) is 29.1 Å². The molecule has 0 fully saturated rings. The van der Waals surface area contributed by atoms with Gasteiger partial charge in [-0.1, -0.05) is 30.3 Å². The van der Waals surface area contributed by atoms with Gasteiger partial charge in [0.15, 0.2) is 0 Å². The largest absolute Gasteiger partial charge is 0.416 e. The van der Waals surface area contributed by atoms with E-state index < -0.39 is 11.7 Å². The van der Waals surface area contributed by atoms with E-state index in [0.717, 1.165) is 12.1 Å². The van der Waals surface area contributed by atoms with Gasteiger partial charge < -0.3 is 5.32 Å². The van der Waals surface area contributed by atoms with Gasteiger partial charge in [-0.05, 0) is 29.3 Å². The Hall–Kier alpha value is -2.02. The highest BCUT2D eigenvalue weighted by Crippen LogP contribution is 2.29. The smallest absolute Gasteiger partial charge is 0.355 e. The van der Waals surface area contributed by atoms with E-state index in [0.29, 0.717) is 29.2 Å². The first-order valence-corrected chi connectivity index (χ1v) is 8.76. The van der Waals surface area contributed by atoms with Gasteiger partial charge in [-0.25, -0.2) is 4.39 Å². The molecule has 2 rings (SSSR count). The molecule has 2 aromatic carbocycles. The lowest BCUT2D eigenvalue weighted by atomic mass is 10.1. The van der Waals surface area contributed by atoms with Crippen LogP contribution in [0.3, 0.4) is 0 Å². The van der Waals surface area contributed by atoms with Crippen LogP contribution in [-0.4, -0.2) is 18.2 Å². The summed E-state index contributed by atoms with van der Waals surface area (Å²) < 4.78 is 50.8. The van der Waals surface area contributed by atoms with E-state index in [-0.39, 0.29) is 18.1 Å². The standard InChI is InChI=1S/C18H17F4NOS/c19-16-4-2-1-3-14(16)12-25-10-9-23-17(24)11-13-5-7-15(8-6-13)18(20,21)22/h1-8H,9-12H2,(H,23,24). The molecule has 0 bridgehead atoms. The number of rotatable bonds is 7. The summed E-state index contributed by atoms with van der Waals surface area (Å²) in [5.41, 5.74) is 0.397. The van der Waals surface area contributed by atoms with E-state index in [1.165, 1.54) is 30.0 Å². The predicted molar refractivity (Wildman–Crippen MR) is 90.7 cm³/mol. The number of thioether (sulfide) groups is 1. The molecule has 0 spiro atoms. The van der Waals surface area contributed by atoms with Crippen molar-refractivity contribution in [1.29, 1.82) is 0 Å². The minimum Gasteiger partial charge on any atom is -0.355 e. The third-order valence-corrected chi connectivity index (χ3v) is 4.44. The van der Waals surface area contributed by atoms with Crippen LogP contribution < -0.4 is 5.32 Å². The SMILES string of the molecule is O=C(Cc1ccc(C(F)(F)F)cc1)NCCSCc1ccccc1F. The molecule has 0 unspecified atom stereocenters. The molecule has 2 nitrogen and oxygen atoms in total. The summed E-state index contributed by atoms with van der Waals surface area (Å²) in [6.45, 7) is 0.415. The number of alkyl halides is 3. The summed E-state index contributed by atoms with van der Waals surface area (Å²) in [4.78, 5) is 11.8. The number of hydrogen-bond donors (Lipinski definition) is 1. The van der Waals surface area contributed by atoms with Gasteiger partial charge in [0, 0.05) is 18.1 Å². The zero-order valence-corrected chi connectivity index (χ0v) is 14.1. The second kappa shape index (κ2) is 8.89. The first-order valence-electron chi connectivity index (χ1n) is 7.60. The van der Waals surface area contributed by atoms with Crippen molar-refractivity contribution in [3.05, 3.63) is 71.0 Å². The van der Waals surface area contributed by atoms with Gasteiger partial charge in [0.2, 0.25) is 5.91 Å². The number of hydrogen-bond acceptors (Lipinski definition) is 2. The van der Waals surface area contributed by atoms with Crippen LogP contribution in [0.5, 0.6) is 0 Å². The monoisotopic (exact) mass is 371 g/mol. The molecule has 25 heavy (non-hydrogen) atoms. The number of carbonyl (C=O) groups is 1. The van der Waals surface area contributed by atoms with Crippen LogP contribution in [0.2, 0.25) is 0 Å². The van der Waals surface area contributed by atoms with Gasteiger partial charge in [-0.3, -0.25) is 4.79 Å². The van der Waals surface area contributed by atoms with Crippen molar-refractivity contribution in [3.8, 4) is 0 Å². The van der Waals surface area contributed by atoms with E-state index >= 15 is 0 Å². The molecule has 0 aliphatic rings. The highest BCUT2D eigenvalue weighted by molar-refractivity contribution is 7.98. The summed E-state index contributed by atoms with van der Waals surface area (Å²) in [5, 5.41) is 2.70. The molecule has 0 radical (unpaired) electrons. The van der Waals surface area contributed by atoms with Crippen molar-refractivity contribution in [3.63, 3.8) is 0 Å². The zero-order valence-electron chi connectivity index (χ0n) is 13.3. The Kier molecular flexibility index (Phi) is 6.87. The normalized spacial score (nSPS) is 11.4. The van der Waals surface area contributed by atoms with E-state index in [1.54, 1.807) is 18.2 Å². The zero-order chi connectivity index (χ0) is 18.3. The van der Waals surface area contributed by atoms with Crippen molar-refractivity contribution in [2.75, 3.05) is 12.3 Å². The fourth-order valence-electron chi connectivity index (χ4n) is 2.12. The summed E-state index contributed by atoms with van der Waals surface area (Å²) in [6, 6.07) is 11.0. The molecule has 0 saturated heterocycles. The minimum absolute atomic E-state index is 0.0239. The van der Waals surface area contributed by atoms with Crippen molar-refractivity contribution < 1.29 is 22.4 Å². The van der Waals surface area contributed by atoms with Gasteiger partial charge in [-0.15, -0.1) is 0 Å². The highest BCUT2D eigenvalue weighted by Gasteiger charge is 2.29. The summed E-state index contributed by atoms with van der Waals surface area (Å²) in [7, 11) is 0. The quantitative estimate of drug-likeness (QED) is 0.576. The first kappa shape index (κ1) is 19.3. The Morgan fingerprint density at radius 3 is 2.36 bits per heavy atom. The number of benzene rings is 2. The van der Waals surface area contributed by atoms with Gasteiger partial charge in [0.05, 0.1) is 12.0 Å². The summed E-state index contributed by atoms with van der Waals surface area (Å²) in [5.74, 6) is 0.627. The molecule has 0 aliphatic carbocycles. The average Bonchev–Trinajstić information content (AvgIpc) is 2.56. The molecule has 0 aliphatic heterocycles. The maximum atomic E-state index is 13.4. The maximum absolute atomic E-state index is 13.4. The van der Waals surface area contributed by atoms with Gasteiger partial charge >= 0.3 is 6.18 Å². The molecule has 0 atom stereocenters. The van der Waals surface area contributed by atoms with Crippen molar-refractivity contribution in [1.82, 2.24) is 5.32 Å². The fraction of sp³-hybridized carbons (Fsp3) is 0.278. The molecule has 1 N–H and O–H groups in total. The molecular formula is C18H17F4NOS. The van der Waals surface area contributed by atoms with Crippen LogP contribution in [0.15, 0.2) is 48.5 Å². The van der Waals surface area contributed by atoms with E-state index in [4.69, 9.17) is 0 Å². The number of amides is 1. The van der Waals surface area contributed by atoms with Crippen LogP contribution in [0.1, 0.15) is 16.7 Å². The average molecular weight is 371 g/mol. The number of carbonyl (C=O) groups excluding carboxylic acids is 1. The van der Waals surface area contributed by atoms with Crippen molar-refractivity contribution in [2.45, 2.75) is 18.3 Å². The van der Waals surface area contributed by atoms with Crippen molar-refractivity contribution in [2.24, 2.45) is 0 Å². The summed E-state index contributed by atoms with van der Waals surface area (Å²) >= 11 is 1.49. The van der Waals surface area contributed by atoms with Gasteiger partial charge in [0.1, 0.15) is 5.82 Å². The third kappa shape index (κ3) is 6.42. The molecule has 2 aromatic rings. The van der Waals surface area contributed by atoms with Gasteiger partial charge in [-0.2, -0.15) is 24.9 Å². The third-order valence-electron chi connectivity index (χ3n) is 3.43. The van der Waals surface area contributed by atoms with E-state index in [9.17, 15) is 22.4 Å². The number of nitrogens with one attached hydrogen (secondary N) is 1. The molecule has 1 amide bonds. The molecule has 0 saturated carbocycles. The Labute approximate surface area is 147 Å². The molecule has 7 heteroatoms. The molecular weight excluding hydrogens is 354 g/mol. The van der Waals surface area contributed by atoms with Crippen LogP contribution in [0.4, 0.5) is 17.6 Å². The lowest BCUT2D eigenvalue weighted by molar-refractivity contribution is -0.137. The first-order chi connectivity index (χ1) is 11.9. The Morgan fingerprint density at radius 2 is 1.72 bits per heavy atom. The lowest BCUT2D eigenvalue weighted by Gasteiger charge is -2.08. The van der Waals surface area contributed by atoms with Crippen LogP contribution in [0.25, 0.3) is 0 Å². The second-order valence-electron chi connectivity index (χ2n) is 5.37. The van der Waals surface area contributed by atoms with Gasteiger partial charge in [0.25, 0.3) is 0 Å². The van der Waals surface area contributed by atoms with Crippen LogP contribution in [-0.2, 0) is 23.1 Å². The maximum Gasteiger partial charge on any atom is 0.416 e. The highest BCUT2D eigenvalue weighted by atomic mass is 32.2. The van der Waals surface area contributed by atoms with Crippen LogP contribution in [0, 0.1) is 5.82 Å². The minimum atomic E-state index is -4.38. The Balaban J connectivity index is 1.68. The molecule has 134 valence electrons. The molecule has 0 heterocycles. The lowest BCUT2D eigenvalue weighted by Crippen LogP contribution is -2.27. The predicted octanol–water partition coefficient (Wildman–Crippen LogP) is 4.44. The number of halogens is 4. The van der Waals surface area contributed by atoms with Crippen molar-refractivity contribution >= 4 is 17.7 Å². The van der Waals surface area contributed by atoms with E-state index in [1.807, 2.05) is 0 Å².